The highest BCUT2D eigenvalue weighted by Crippen LogP contribution is 2.22. The van der Waals surface area contributed by atoms with Gasteiger partial charge in [0.25, 0.3) is 5.91 Å². The van der Waals surface area contributed by atoms with E-state index in [4.69, 9.17) is 21.6 Å². The summed E-state index contributed by atoms with van der Waals surface area (Å²) in [5.41, 5.74) is 1.05. The predicted octanol–water partition coefficient (Wildman–Crippen LogP) is 3.40. The summed E-state index contributed by atoms with van der Waals surface area (Å²) in [6.07, 6.45) is -0.787. The first-order valence-electron chi connectivity index (χ1n) is 7.30. The summed E-state index contributed by atoms with van der Waals surface area (Å²) in [5, 5.41) is 11.6. The molecule has 0 spiro atoms. The van der Waals surface area contributed by atoms with Crippen molar-refractivity contribution in [2.24, 2.45) is 0 Å². The first-order chi connectivity index (χ1) is 11.9. The maximum absolute atomic E-state index is 12.2. The highest BCUT2D eigenvalue weighted by atomic mass is 35.5. The molecule has 0 aliphatic carbocycles. The van der Waals surface area contributed by atoms with Crippen molar-refractivity contribution < 1.29 is 19.1 Å². The van der Waals surface area contributed by atoms with E-state index in [1.165, 1.54) is 19.2 Å². The second-order valence-electron chi connectivity index (χ2n) is 5.07. The van der Waals surface area contributed by atoms with Crippen LogP contribution in [0.4, 0.5) is 5.69 Å². The number of nitrogens with one attached hydrogen (secondary N) is 1. The van der Waals surface area contributed by atoms with Gasteiger partial charge in [-0.15, -0.1) is 0 Å². The topological polar surface area (TPSA) is 88.4 Å². The van der Waals surface area contributed by atoms with Crippen LogP contribution in [0.5, 0.6) is 5.75 Å². The van der Waals surface area contributed by atoms with Gasteiger partial charge in [-0.25, -0.2) is 4.79 Å². The van der Waals surface area contributed by atoms with Crippen molar-refractivity contribution in [2.75, 3.05) is 12.4 Å². The number of amides is 1. The van der Waals surface area contributed by atoms with E-state index in [2.05, 4.69) is 10.1 Å². The summed E-state index contributed by atoms with van der Waals surface area (Å²) in [6, 6.07) is 12.9. The molecule has 25 heavy (non-hydrogen) atoms. The molecule has 0 saturated carbocycles. The van der Waals surface area contributed by atoms with Crippen LogP contribution in [0.15, 0.2) is 42.5 Å². The number of hydrogen-bond donors (Lipinski definition) is 1. The number of rotatable bonds is 5. The third kappa shape index (κ3) is 4.72. The van der Waals surface area contributed by atoms with Gasteiger partial charge in [0.15, 0.2) is 6.10 Å². The van der Waals surface area contributed by atoms with Crippen molar-refractivity contribution in [1.29, 1.82) is 5.26 Å². The van der Waals surface area contributed by atoms with E-state index in [1.54, 1.807) is 37.3 Å². The molecule has 0 radical (unpaired) electrons. The third-order valence-corrected chi connectivity index (χ3v) is 3.63. The minimum atomic E-state index is -0.787. The Kier molecular flexibility index (Phi) is 5.98. The molecule has 1 amide bonds. The van der Waals surface area contributed by atoms with Crippen LogP contribution in [0, 0.1) is 11.3 Å². The number of nitriles is 1. The molecule has 2 aromatic rings. The summed E-state index contributed by atoms with van der Waals surface area (Å²) in [4.78, 5) is 23.9. The number of carbonyl (C=O) groups excluding carboxylic acids is 2. The summed E-state index contributed by atoms with van der Waals surface area (Å²) >= 11 is 5.94. The highest BCUT2D eigenvalue weighted by molar-refractivity contribution is 6.33. The molecule has 6 nitrogen and oxygen atoms in total. The maximum Gasteiger partial charge on any atom is 0.339 e. The molecule has 2 aromatic carbocycles. The zero-order valence-electron chi connectivity index (χ0n) is 13.6. The number of nitrogens with zero attached hydrogens (tertiary/aromatic N) is 1. The minimum Gasteiger partial charge on any atom is -0.481 e. The fourth-order valence-electron chi connectivity index (χ4n) is 1.98. The zero-order valence-corrected chi connectivity index (χ0v) is 14.3. The van der Waals surface area contributed by atoms with Crippen LogP contribution in [0.2, 0.25) is 5.02 Å². The lowest BCUT2D eigenvalue weighted by Gasteiger charge is -2.15. The molecule has 1 unspecified atom stereocenters. The van der Waals surface area contributed by atoms with Gasteiger partial charge in [0.2, 0.25) is 0 Å². The van der Waals surface area contributed by atoms with E-state index in [0.717, 1.165) is 0 Å². The third-order valence-electron chi connectivity index (χ3n) is 3.30. The van der Waals surface area contributed by atoms with Gasteiger partial charge in [-0.3, -0.25) is 4.79 Å². The second-order valence-corrected chi connectivity index (χ2v) is 5.48. The van der Waals surface area contributed by atoms with Crippen molar-refractivity contribution in [3.8, 4) is 11.8 Å². The van der Waals surface area contributed by atoms with Crippen molar-refractivity contribution in [3.05, 3.63) is 58.6 Å². The monoisotopic (exact) mass is 358 g/mol. The average molecular weight is 359 g/mol. The number of anilines is 1. The normalized spacial score (nSPS) is 11.1. The van der Waals surface area contributed by atoms with Crippen LogP contribution < -0.4 is 10.1 Å². The molecule has 0 bridgehead atoms. The largest absolute Gasteiger partial charge is 0.481 e. The van der Waals surface area contributed by atoms with Gasteiger partial charge in [0, 0.05) is 5.69 Å². The molecule has 0 aliphatic heterocycles. The molecule has 2 rings (SSSR count). The Labute approximate surface area is 149 Å². The number of ether oxygens (including phenoxy) is 2. The summed E-state index contributed by atoms with van der Waals surface area (Å²) < 4.78 is 10.2. The van der Waals surface area contributed by atoms with Crippen LogP contribution in [-0.4, -0.2) is 25.1 Å². The molecule has 0 heterocycles. The minimum absolute atomic E-state index is 0.155. The van der Waals surface area contributed by atoms with Crippen molar-refractivity contribution in [3.63, 3.8) is 0 Å². The lowest BCUT2D eigenvalue weighted by atomic mass is 10.2. The summed E-state index contributed by atoms with van der Waals surface area (Å²) in [5.74, 6) is -0.529. The van der Waals surface area contributed by atoms with Crippen molar-refractivity contribution in [2.45, 2.75) is 13.0 Å². The van der Waals surface area contributed by atoms with E-state index in [9.17, 15) is 9.59 Å². The summed E-state index contributed by atoms with van der Waals surface area (Å²) in [6.45, 7) is 1.59. The quantitative estimate of drug-likeness (QED) is 0.827. The van der Waals surface area contributed by atoms with Gasteiger partial charge in [-0.05, 0) is 49.4 Å². The molecule has 1 N–H and O–H groups in total. The first-order valence-corrected chi connectivity index (χ1v) is 7.68. The second kappa shape index (κ2) is 8.18. The molecular formula is C18H15ClN2O4. The van der Waals surface area contributed by atoms with Gasteiger partial charge in [-0.1, -0.05) is 11.6 Å². The van der Waals surface area contributed by atoms with Crippen LogP contribution in [-0.2, 0) is 9.53 Å². The van der Waals surface area contributed by atoms with E-state index in [1.807, 2.05) is 6.07 Å². The Morgan fingerprint density at radius 1 is 1.20 bits per heavy atom. The maximum atomic E-state index is 12.2. The van der Waals surface area contributed by atoms with Crippen LogP contribution in [0.3, 0.4) is 0 Å². The molecular weight excluding hydrogens is 344 g/mol. The van der Waals surface area contributed by atoms with E-state index in [0.29, 0.717) is 17.0 Å². The number of halogens is 1. The fourth-order valence-corrected chi connectivity index (χ4v) is 2.17. The highest BCUT2D eigenvalue weighted by Gasteiger charge is 2.17. The Morgan fingerprint density at radius 2 is 1.88 bits per heavy atom. The molecule has 0 aromatic heterocycles. The molecule has 0 aliphatic rings. The van der Waals surface area contributed by atoms with Crippen LogP contribution in [0.1, 0.15) is 22.8 Å². The van der Waals surface area contributed by atoms with E-state index in [-0.39, 0.29) is 10.6 Å². The average Bonchev–Trinajstić information content (AvgIpc) is 2.63. The standard InChI is InChI=1S/C18H15ClN2O4/c1-11(25-14-6-3-12(10-20)4-7-14)17(22)21-13-5-8-16(19)15(9-13)18(23)24-2/h3-9,11H,1-2H3,(H,21,22). The molecule has 128 valence electrons. The zero-order chi connectivity index (χ0) is 18.4. The van der Waals surface area contributed by atoms with Gasteiger partial charge >= 0.3 is 5.97 Å². The number of hydrogen-bond acceptors (Lipinski definition) is 5. The van der Waals surface area contributed by atoms with Gasteiger partial charge in [-0.2, -0.15) is 5.26 Å². The number of carbonyl (C=O) groups is 2. The SMILES string of the molecule is COC(=O)c1cc(NC(=O)C(C)Oc2ccc(C#N)cc2)ccc1Cl. The Balaban J connectivity index is 2.05. The number of esters is 1. The van der Waals surface area contributed by atoms with Crippen molar-refractivity contribution >= 4 is 29.2 Å². The Hall–Kier alpha value is -3.04. The van der Waals surface area contributed by atoms with Gasteiger partial charge in [0.05, 0.1) is 29.3 Å². The lowest BCUT2D eigenvalue weighted by molar-refractivity contribution is -0.122. The Morgan fingerprint density at radius 3 is 2.48 bits per heavy atom. The van der Waals surface area contributed by atoms with Gasteiger partial charge < -0.3 is 14.8 Å². The first kappa shape index (κ1) is 18.3. The molecule has 0 fully saturated rings. The summed E-state index contributed by atoms with van der Waals surface area (Å²) in [7, 11) is 1.25. The smallest absolute Gasteiger partial charge is 0.339 e. The van der Waals surface area contributed by atoms with Crippen molar-refractivity contribution in [1.82, 2.24) is 0 Å². The van der Waals surface area contributed by atoms with E-state index < -0.39 is 18.0 Å². The number of methoxy groups -OCH3 is 1. The molecule has 0 saturated heterocycles. The van der Waals surface area contributed by atoms with Crippen LogP contribution in [0.25, 0.3) is 0 Å². The number of benzene rings is 2. The lowest BCUT2D eigenvalue weighted by Crippen LogP contribution is -2.30. The predicted molar refractivity (Wildman–Crippen MR) is 92.7 cm³/mol. The van der Waals surface area contributed by atoms with Crippen LogP contribution >= 0.6 is 11.6 Å². The molecule has 1 atom stereocenters. The van der Waals surface area contributed by atoms with Gasteiger partial charge in [0.1, 0.15) is 5.75 Å². The fraction of sp³-hybridized carbons (Fsp3) is 0.167. The Bertz CT molecular complexity index is 828. The molecule has 7 heteroatoms. The van der Waals surface area contributed by atoms with E-state index >= 15 is 0 Å².